The molecule has 1 aromatic heterocycles. The first kappa shape index (κ1) is 14.8. The molecule has 4 nitrogen and oxygen atoms in total. The number of benzene rings is 1. The van der Waals surface area contributed by atoms with Crippen molar-refractivity contribution in [3.05, 3.63) is 47.5 Å². The van der Waals surface area contributed by atoms with Gasteiger partial charge in [0, 0.05) is 0 Å². The van der Waals surface area contributed by atoms with E-state index < -0.39 is 0 Å². The first-order valence-corrected chi connectivity index (χ1v) is 7.66. The average Bonchev–Trinajstić information content (AvgIpc) is 2.91. The third-order valence-corrected chi connectivity index (χ3v) is 4.13. The Morgan fingerprint density at radius 2 is 1.91 bits per heavy atom. The second-order valence-corrected chi connectivity index (χ2v) is 5.70. The fraction of sp³-hybridized carbons (Fsp3) is 0.412. The van der Waals surface area contributed by atoms with Crippen molar-refractivity contribution in [2.75, 3.05) is 0 Å². The number of ether oxygens (including phenoxy) is 1. The molecular weight excluding hydrogens is 283 g/mol. The molecule has 22 heavy (non-hydrogen) atoms. The van der Waals surface area contributed by atoms with Crippen LogP contribution in [0.4, 0.5) is 4.39 Å². The van der Waals surface area contributed by atoms with Crippen molar-refractivity contribution in [1.82, 2.24) is 9.78 Å². The maximum atomic E-state index is 13.0. The molecule has 1 fully saturated rings. The van der Waals surface area contributed by atoms with Gasteiger partial charge in [-0.2, -0.15) is 5.10 Å². The predicted octanol–water partition coefficient (Wildman–Crippen LogP) is 3.81. The molecule has 0 saturated heterocycles. The molecule has 5 heteroatoms. The van der Waals surface area contributed by atoms with Crippen LogP contribution in [0, 0.1) is 12.7 Å². The quantitative estimate of drug-likeness (QED) is 0.810. The monoisotopic (exact) mass is 302 g/mol. The van der Waals surface area contributed by atoms with E-state index in [9.17, 15) is 9.18 Å². The minimum absolute atomic E-state index is 0.0230. The van der Waals surface area contributed by atoms with E-state index in [-0.39, 0.29) is 17.9 Å². The van der Waals surface area contributed by atoms with Gasteiger partial charge in [-0.15, -0.1) is 0 Å². The Hall–Kier alpha value is -2.17. The zero-order chi connectivity index (χ0) is 15.5. The molecule has 116 valence electrons. The van der Waals surface area contributed by atoms with Crippen molar-refractivity contribution in [3.63, 3.8) is 0 Å². The minimum atomic E-state index is -0.322. The highest BCUT2D eigenvalue weighted by Gasteiger charge is 2.22. The number of rotatable bonds is 3. The minimum Gasteiger partial charge on any atom is -0.459 e. The van der Waals surface area contributed by atoms with Crippen LogP contribution in [0.1, 0.15) is 48.2 Å². The molecule has 1 saturated carbocycles. The van der Waals surface area contributed by atoms with Crippen molar-refractivity contribution >= 4 is 5.97 Å². The number of hydrogen-bond acceptors (Lipinski definition) is 3. The Labute approximate surface area is 128 Å². The van der Waals surface area contributed by atoms with Gasteiger partial charge in [-0.25, -0.2) is 13.9 Å². The van der Waals surface area contributed by atoms with Gasteiger partial charge in [-0.1, -0.05) is 6.42 Å². The van der Waals surface area contributed by atoms with E-state index in [0.717, 1.165) is 31.4 Å². The van der Waals surface area contributed by atoms with Gasteiger partial charge >= 0.3 is 5.97 Å². The summed E-state index contributed by atoms with van der Waals surface area (Å²) in [5, 5.41) is 4.22. The van der Waals surface area contributed by atoms with E-state index in [4.69, 9.17) is 4.74 Å². The number of esters is 1. The molecule has 0 radical (unpaired) electrons. The van der Waals surface area contributed by atoms with Crippen LogP contribution in [0.3, 0.4) is 0 Å². The fourth-order valence-corrected chi connectivity index (χ4v) is 2.85. The normalized spacial score (nSPS) is 15.7. The molecule has 3 rings (SSSR count). The lowest BCUT2D eigenvalue weighted by atomic mass is 9.98. The van der Waals surface area contributed by atoms with Crippen molar-refractivity contribution < 1.29 is 13.9 Å². The molecule has 1 heterocycles. The summed E-state index contributed by atoms with van der Waals surface area (Å²) in [4.78, 5) is 12.3. The summed E-state index contributed by atoms with van der Waals surface area (Å²) >= 11 is 0. The third kappa shape index (κ3) is 3.03. The maximum absolute atomic E-state index is 13.0. The van der Waals surface area contributed by atoms with Crippen LogP contribution in [0.15, 0.2) is 30.5 Å². The van der Waals surface area contributed by atoms with E-state index >= 15 is 0 Å². The van der Waals surface area contributed by atoms with E-state index in [0.29, 0.717) is 11.3 Å². The summed E-state index contributed by atoms with van der Waals surface area (Å²) < 4.78 is 20.2. The second-order valence-electron chi connectivity index (χ2n) is 5.70. The van der Waals surface area contributed by atoms with Crippen LogP contribution >= 0.6 is 0 Å². The van der Waals surface area contributed by atoms with Crippen LogP contribution in [0.25, 0.3) is 5.69 Å². The predicted molar refractivity (Wildman–Crippen MR) is 80.5 cm³/mol. The van der Waals surface area contributed by atoms with Crippen LogP contribution in [-0.4, -0.2) is 21.9 Å². The smallest absolute Gasteiger partial charge is 0.341 e. The molecule has 1 aliphatic carbocycles. The van der Waals surface area contributed by atoms with Gasteiger partial charge in [-0.3, -0.25) is 0 Å². The van der Waals surface area contributed by atoms with Crippen molar-refractivity contribution in [2.45, 2.75) is 45.1 Å². The maximum Gasteiger partial charge on any atom is 0.341 e. The lowest BCUT2D eigenvalue weighted by molar-refractivity contribution is 0.0210. The van der Waals surface area contributed by atoms with Crippen molar-refractivity contribution in [1.29, 1.82) is 0 Å². The zero-order valence-electron chi connectivity index (χ0n) is 12.6. The molecule has 0 unspecified atom stereocenters. The van der Waals surface area contributed by atoms with E-state index in [1.54, 1.807) is 16.8 Å². The Kier molecular flexibility index (Phi) is 4.22. The third-order valence-electron chi connectivity index (χ3n) is 4.13. The summed E-state index contributed by atoms with van der Waals surface area (Å²) in [6, 6.07) is 6.00. The molecule has 0 spiro atoms. The summed E-state index contributed by atoms with van der Waals surface area (Å²) in [6.45, 7) is 1.81. The van der Waals surface area contributed by atoms with Crippen LogP contribution in [0.5, 0.6) is 0 Å². The summed E-state index contributed by atoms with van der Waals surface area (Å²) in [5.74, 6) is -0.622. The van der Waals surface area contributed by atoms with Crippen molar-refractivity contribution in [2.24, 2.45) is 0 Å². The largest absolute Gasteiger partial charge is 0.459 e. The van der Waals surface area contributed by atoms with E-state index in [1.807, 2.05) is 6.92 Å². The Morgan fingerprint density at radius 1 is 1.23 bits per heavy atom. The van der Waals surface area contributed by atoms with Gasteiger partial charge in [0.15, 0.2) is 0 Å². The Balaban J connectivity index is 1.77. The summed E-state index contributed by atoms with van der Waals surface area (Å²) in [6.07, 6.45) is 6.87. The van der Waals surface area contributed by atoms with E-state index in [1.165, 1.54) is 24.8 Å². The molecule has 1 aromatic carbocycles. The zero-order valence-corrected chi connectivity index (χ0v) is 12.6. The number of carbonyl (C=O) groups excluding carboxylic acids is 1. The van der Waals surface area contributed by atoms with Gasteiger partial charge in [0.25, 0.3) is 0 Å². The van der Waals surface area contributed by atoms with Gasteiger partial charge in [0.1, 0.15) is 17.5 Å². The average molecular weight is 302 g/mol. The van der Waals surface area contributed by atoms with E-state index in [2.05, 4.69) is 5.10 Å². The molecule has 0 bridgehead atoms. The lowest BCUT2D eigenvalue weighted by Crippen LogP contribution is -2.21. The number of carbonyl (C=O) groups is 1. The first-order chi connectivity index (χ1) is 10.6. The standard InChI is InChI=1S/C17H19FN2O2/c1-12-16(17(21)22-15-5-3-2-4-6-15)11-19-20(12)14-9-7-13(18)8-10-14/h7-11,15H,2-6H2,1H3. The van der Waals surface area contributed by atoms with Crippen LogP contribution in [0.2, 0.25) is 0 Å². The molecule has 1 aliphatic rings. The van der Waals surface area contributed by atoms with Crippen LogP contribution < -0.4 is 0 Å². The van der Waals surface area contributed by atoms with Crippen molar-refractivity contribution in [3.8, 4) is 5.69 Å². The van der Waals surface area contributed by atoms with Gasteiger partial charge in [-0.05, 0) is 56.9 Å². The number of nitrogens with zero attached hydrogens (tertiary/aromatic N) is 2. The highest BCUT2D eigenvalue weighted by Crippen LogP contribution is 2.22. The highest BCUT2D eigenvalue weighted by atomic mass is 19.1. The topological polar surface area (TPSA) is 44.1 Å². The first-order valence-electron chi connectivity index (χ1n) is 7.66. The second kappa shape index (κ2) is 6.30. The number of hydrogen-bond donors (Lipinski definition) is 0. The number of aromatic nitrogens is 2. The molecule has 0 amide bonds. The van der Waals surface area contributed by atoms with Gasteiger partial charge in [0.05, 0.1) is 17.6 Å². The summed E-state index contributed by atoms with van der Waals surface area (Å²) in [7, 11) is 0. The lowest BCUT2D eigenvalue weighted by Gasteiger charge is -2.21. The molecule has 0 N–H and O–H groups in total. The molecule has 2 aromatic rings. The van der Waals surface area contributed by atoms with Gasteiger partial charge in [0.2, 0.25) is 0 Å². The number of halogens is 1. The SMILES string of the molecule is Cc1c(C(=O)OC2CCCCC2)cnn1-c1ccc(F)cc1. The molecule has 0 atom stereocenters. The Morgan fingerprint density at radius 3 is 2.59 bits per heavy atom. The highest BCUT2D eigenvalue weighted by molar-refractivity contribution is 5.90. The fourth-order valence-electron chi connectivity index (χ4n) is 2.85. The Bertz CT molecular complexity index is 658. The van der Waals surface area contributed by atoms with Gasteiger partial charge < -0.3 is 4.74 Å². The molecule has 0 aliphatic heterocycles. The van der Waals surface area contributed by atoms with Crippen LogP contribution in [-0.2, 0) is 4.74 Å². The molecular formula is C17H19FN2O2. The summed E-state index contributed by atoms with van der Waals surface area (Å²) in [5.41, 5.74) is 1.89.